The number of nitrogens with zero attached hydrogens (tertiary/aromatic N) is 5. The largest absolute Gasteiger partial charge is 0.386 e. The van der Waals surface area contributed by atoms with Crippen molar-refractivity contribution in [3.63, 3.8) is 0 Å². The van der Waals surface area contributed by atoms with Crippen molar-refractivity contribution >= 4 is 0 Å². The van der Waals surface area contributed by atoms with E-state index in [0.717, 1.165) is 31.0 Å². The highest BCUT2D eigenvalue weighted by molar-refractivity contribution is 5.07. The monoisotopic (exact) mass is 249 g/mol. The maximum Gasteiger partial charge on any atom is 0.138 e. The van der Waals surface area contributed by atoms with Gasteiger partial charge in [-0.25, -0.2) is 4.98 Å². The Labute approximate surface area is 106 Å². The molecule has 0 saturated heterocycles. The average molecular weight is 249 g/mol. The van der Waals surface area contributed by atoms with E-state index >= 15 is 0 Å². The molecule has 0 spiro atoms. The molecule has 6 nitrogen and oxygen atoms in total. The minimum Gasteiger partial charge on any atom is -0.386 e. The first kappa shape index (κ1) is 12.8. The molecule has 1 unspecified atom stereocenters. The molecule has 0 radical (unpaired) electrons. The molecule has 6 heteroatoms. The van der Waals surface area contributed by atoms with Crippen molar-refractivity contribution in [1.82, 2.24) is 24.5 Å². The summed E-state index contributed by atoms with van der Waals surface area (Å²) in [7, 11) is 0. The fourth-order valence-electron chi connectivity index (χ4n) is 2.01. The molecular formula is C12H19N5O. The second-order valence-corrected chi connectivity index (χ2v) is 4.19. The molecule has 2 heterocycles. The third kappa shape index (κ3) is 2.59. The third-order valence-corrected chi connectivity index (χ3v) is 2.90. The highest BCUT2D eigenvalue weighted by atomic mass is 16.3. The fourth-order valence-corrected chi connectivity index (χ4v) is 2.01. The first-order valence-electron chi connectivity index (χ1n) is 6.32. The molecular weight excluding hydrogens is 230 g/mol. The fraction of sp³-hybridized carbons (Fsp3) is 0.583. The Morgan fingerprint density at radius 1 is 1.28 bits per heavy atom. The van der Waals surface area contributed by atoms with Crippen LogP contribution in [0, 0.1) is 0 Å². The molecule has 1 atom stereocenters. The standard InChI is InChI=1S/C12H19N5O/c1-3-7-17-12(13-9-15-17)8-11(18)10-5-6-14-16(10)4-2/h5-6,9,11,18H,3-4,7-8H2,1-2H3. The zero-order chi connectivity index (χ0) is 13.0. The summed E-state index contributed by atoms with van der Waals surface area (Å²) in [5, 5.41) is 18.6. The number of aromatic nitrogens is 5. The van der Waals surface area contributed by atoms with Crippen LogP contribution < -0.4 is 0 Å². The summed E-state index contributed by atoms with van der Waals surface area (Å²) in [6.45, 7) is 5.67. The first-order chi connectivity index (χ1) is 8.76. The Kier molecular flexibility index (Phi) is 4.09. The van der Waals surface area contributed by atoms with Crippen LogP contribution >= 0.6 is 0 Å². The van der Waals surface area contributed by atoms with Crippen LogP contribution in [0.15, 0.2) is 18.6 Å². The lowest BCUT2D eigenvalue weighted by molar-refractivity contribution is 0.163. The molecule has 0 amide bonds. The molecule has 0 saturated carbocycles. The van der Waals surface area contributed by atoms with Crippen molar-refractivity contribution in [3.8, 4) is 0 Å². The molecule has 0 aliphatic carbocycles. The molecule has 0 bridgehead atoms. The lowest BCUT2D eigenvalue weighted by atomic mass is 10.2. The predicted molar refractivity (Wildman–Crippen MR) is 66.9 cm³/mol. The molecule has 2 rings (SSSR count). The molecule has 98 valence electrons. The maximum absolute atomic E-state index is 10.2. The Morgan fingerprint density at radius 2 is 2.11 bits per heavy atom. The van der Waals surface area contributed by atoms with Crippen molar-refractivity contribution < 1.29 is 5.11 Å². The second-order valence-electron chi connectivity index (χ2n) is 4.19. The van der Waals surface area contributed by atoms with E-state index in [4.69, 9.17) is 0 Å². The molecule has 18 heavy (non-hydrogen) atoms. The topological polar surface area (TPSA) is 68.8 Å². The molecule has 2 aromatic rings. The van der Waals surface area contributed by atoms with Crippen LogP contribution in [0.2, 0.25) is 0 Å². The van der Waals surface area contributed by atoms with Crippen LogP contribution in [0.25, 0.3) is 0 Å². The molecule has 1 N–H and O–H groups in total. The van der Waals surface area contributed by atoms with Crippen LogP contribution in [-0.4, -0.2) is 29.7 Å². The predicted octanol–water partition coefficient (Wildman–Crippen LogP) is 1.18. The smallest absolute Gasteiger partial charge is 0.138 e. The number of aliphatic hydroxyl groups excluding tert-OH is 1. The first-order valence-corrected chi connectivity index (χ1v) is 6.32. The molecule has 2 aromatic heterocycles. The van der Waals surface area contributed by atoms with Gasteiger partial charge in [0.1, 0.15) is 18.3 Å². The summed E-state index contributed by atoms with van der Waals surface area (Å²) in [6.07, 6.45) is 4.12. The van der Waals surface area contributed by atoms with Crippen LogP contribution in [-0.2, 0) is 19.5 Å². The van der Waals surface area contributed by atoms with Crippen LogP contribution in [0.3, 0.4) is 0 Å². The maximum atomic E-state index is 10.2. The van der Waals surface area contributed by atoms with Gasteiger partial charge in [-0.05, 0) is 19.4 Å². The van der Waals surface area contributed by atoms with E-state index in [1.807, 2.05) is 17.7 Å². The molecule has 0 aliphatic heterocycles. The van der Waals surface area contributed by atoms with E-state index in [0.29, 0.717) is 6.42 Å². The van der Waals surface area contributed by atoms with E-state index in [2.05, 4.69) is 22.1 Å². The Balaban J connectivity index is 2.11. The average Bonchev–Trinajstić information content (AvgIpc) is 2.98. The van der Waals surface area contributed by atoms with E-state index in [9.17, 15) is 5.11 Å². The zero-order valence-electron chi connectivity index (χ0n) is 10.8. The van der Waals surface area contributed by atoms with Gasteiger partial charge in [-0.15, -0.1) is 0 Å². The number of hydrogen-bond donors (Lipinski definition) is 1. The van der Waals surface area contributed by atoms with Gasteiger partial charge in [0.2, 0.25) is 0 Å². The highest BCUT2D eigenvalue weighted by Crippen LogP contribution is 2.16. The number of aryl methyl sites for hydroxylation is 2. The van der Waals surface area contributed by atoms with Crippen LogP contribution in [0.5, 0.6) is 0 Å². The highest BCUT2D eigenvalue weighted by Gasteiger charge is 2.16. The van der Waals surface area contributed by atoms with Crippen molar-refractivity contribution in [2.75, 3.05) is 0 Å². The summed E-state index contributed by atoms with van der Waals surface area (Å²) in [5.74, 6) is 0.813. The van der Waals surface area contributed by atoms with Gasteiger partial charge in [0.25, 0.3) is 0 Å². The quantitative estimate of drug-likeness (QED) is 0.834. The summed E-state index contributed by atoms with van der Waals surface area (Å²) < 4.78 is 3.64. The van der Waals surface area contributed by atoms with E-state index in [1.165, 1.54) is 6.33 Å². The van der Waals surface area contributed by atoms with E-state index in [1.54, 1.807) is 10.9 Å². The van der Waals surface area contributed by atoms with Crippen molar-refractivity contribution in [2.24, 2.45) is 0 Å². The Hall–Kier alpha value is -1.69. The molecule has 0 aliphatic rings. The van der Waals surface area contributed by atoms with E-state index < -0.39 is 6.10 Å². The van der Waals surface area contributed by atoms with Gasteiger partial charge in [0.05, 0.1) is 5.69 Å². The van der Waals surface area contributed by atoms with Gasteiger partial charge in [0.15, 0.2) is 0 Å². The Bertz CT molecular complexity index is 490. The lowest BCUT2D eigenvalue weighted by Gasteiger charge is -2.12. The lowest BCUT2D eigenvalue weighted by Crippen LogP contribution is -2.14. The normalized spacial score (nSPS) is 12.8. The molecule has 0 aromatic carbocycles. The van der Waals surface area contributed by atoms with Gasteiger partial charge in [-0.1, -0.05) is 6.92 Å². The summed E-state index contributed by atoms with van der Waals surface area (Å²) in [4.78, 5) is 4.20. The number of hydrogen-bond acceptors (Lipinski definition) is 4. The molecule has 0 fully saturated rings. The van der Waals surface area contributed by atoms with Crippen LogP contribution in [0.1, 0.15) is 37.9 Å². The summed E-state index contributed by atoms with van der Waals surface area (Å²) in [6, 6.07) is 1.84. The van der Waals surface area contributed by atoms with Crippen molar-refractivity contribution in [1.29, 1.82) is 0 Å². The minimum atomic E-state index is -0.591. The van der Waals surface area contributed by atoms with E-state index in [-0.39, 0.29) is 0 Å². The van der Waals surface area contributed by atoms with Gasteiger partial charge < -0.3 is 5.11 Å². The van der Waals surface area contributed by atoms with Gasteiger partial charge in [-0.2, -0.15) is 10.2 Å². The number of aliphatic hydroxyl groups is 1. The Morgan fingerprint density at radius 3 is 2.83 bits per heavy atom. The second kappa shape index (κ2) is 5.77. The zero-order valence-corrected chi connectivity index (χ0v) is 10.8. The van der Waals surface area contributed by atoms with Gasteiger partial charge in [-0.3, -0.25) is 9.36 Å². The van der Waals surface area contributed by atoms with Crippen molar-refractivity contribution in [3.05, 3.63) is 30.1 Å². The third-order valence-electron chi connectivity index (χ3n) is 2.90. The minimum absolute atomic E-state index is 0.464. The SMILES string of the molecule is CCCn1ncnc1CC(O)c1ccnn1CC. The summed E-state index contributed by atoms with van der Waals surface area (Å²) in [5.41, 5.74) is 0.823. The van der Waals surface area contributed by atoms with Gasteiger partial charge >= 0.3 is 0 Å². The van der Waals surface area contributed by atoms with Crippen molar-refractivity contribution in [2.45, 2.75) is 45.9 Å². The van der Waals surface area contributed by atoms with Crippen LogP contribution in [0.4, 0.5) is 0 Å². The van der Waals surface area contributed by atoms with Gasteiger partial charge in [0, 0.05) is 25.7 Å². The number of rotatable bonds is 6. The summed E-state index contributed by atoms with van der Waals surface area (Å²) >= 11 is 0.